The standard InChI is InChI=1S/C11H18N4/c12-11-9-5-6-15(7-10(9)13-14-11)8-3-1-2-4-8/h8H,1-7H2,(H3,12,13,14). The van der Waals surface area contributed by atoms with Crippen molar-refractivity contribution < 1.29 is 0 Å². The van der Waals surface area contributed by atoms with Gasteiger partial charge in [-0.2, -0.15) is 5.10 Å². The van der Waals surface area contributed by atoms with Crippen LogP contribution >= 0.6 is 0 Å². The van der Waals surface area contributed by atoms with Crippen LogP contribution in [0.4, 0.5) is 5.82 Å². The summed E-state index contributed by atoms with van der Waals surface area (Å²) in [6, 6.07) is 0.808. The highest BCUT2D eigenvalue weighted by atomic mass is 15.2. The van der Waals surface area contributed by atoms with E-state index in [1.807, 2.05) is 0 Å². The smallest absolute Gasteiger partial charge is 0.148 e. The van der Waals surface area contributed by atoms with E-state index >= 15 is 0 Å². The maximum atomic E-state index is 5.80. The molecule has 15 heavy (non-hydrogen) atoms. The molecule has 0 aromatic carbocycles. The number of nitrogens with two attached hydrogens (primary N) is 1. The van der Waals surface area contributed by atoms with E-state index in [-0.39, 0.29) is 0 Å². The van der Waals surface area contributed by atoms with Gasteiger partial charge in [0, 0.05) is 24.7 Å². The van der Waals surface area contributed by atoms with E-state index in [2.05, 4.69) is 15.1 Å². The average Bonchev–Trinajstić information content (AvgIpc) is 2.88. The second-order valence-corrected chi connectivity index (χ2v) is 4.72. The van der Waals surface area contributed by atoms with Crippen molar-refractivity contribution in [3.63, 3.8) is 0 Å². The van der Waals surface area contributed by atoms with Gasteiger partial charge >= 0.3 is 0 Å². The summed E-state index contributed by atoms with van der Waals surface area (Å²) >= 11 is 0. The number of hydrogen-bond donors (Lipinski definition) is 2. The third-order valence-electron chi connectivity index (χ3n) is 3.84. The molecule has 1 aliphatic carbocycles. The second kappa shape index (κ2) is 3.52. The first-order valence-electron chi connectivity index (χ1n) is 5.90. The highest BCUT2D eigenvalue weighted by Crippen LogP contribution is 2.29. The second-order valence-electron chi connectivity index (χ2n) is 4.72. The van der Waals surface area contributed by atoms with E-state index < -0.39 is 0 Å². The third-order valence-corrected chi connectivity index (χ3v) is 3.84. The van der Waals surface area contributed by atoms with E-state index in [0.29, 0.717) is 5.82 Å². The molecule has 1 aromatic rings. The van der Waals surface area contributed by atoms with Gasteiger partial charge in [0.05, 0.1) is 5.69 Å². The fourth-order valence-corrected chi connectivity index (χ4v) is 2.95. The number of rotatable bonds is 1. The quantitative estimate of drug-likeness (QED) is 0.728. The van der Waals surface area contributed by atoms with E-state index in [0.717, 1.165) is 25.6 Å². The van der Waals surface area contributed by atoms with Crippen molar-refractivity contribution in [2.24, 2.45) is 0 Å². The van der Waals surface area contributed by atoms with Gasteiger partial charge in [-0.1, -0.05) is 12.8 Å². The van der Waals surface area contributed by atoms with Crippen LogP contribution in [0, 0.1) is 0 Å². The maximum absolute atomic E-state index is 5.80. The van der Waals surface area contributed by atoms with Gasteiger partial charge in [0.1, 0.15) is 5.82 Å². The van der Waals surface area contributed by atoms with Crippen molar-refractivity contribution in [3.05, 3.63) is 11.3 Å². The number of aromatic nitrogens is 2. The summed E-state index contributed by atoms with van der Waals surface area (Å²) in [7, 11) is 0. The summed E-state index contributed by atoms with van der Waals surface area (Å²) < 4.78 is 0. The number of fused-ring (bicyclic) bond motifs is 1. The molecular formula is C11H18N4. The Morgan fingerprint density at radius 1 is 1.33 bits per heavy atom. The number of nitrogens with zero attached hydrogens (tertiary/aromatic N) is 2. The van der Waals surface area contributed by atoms with Gasteiger partial charge in [0.25, 0.3) is 0 Å². The summed E-state index contributed by atoms with van der Waals surface area (Å²) in [5.41, 5.74) is 8.29. The molecule has 1 aliphatic heterocycles. The molecule has 2 aliphatic rings. The van der Waals surface area contributed by atoms with Crippen LogP contribution in [0.25, 0.3) is 0 Å². The van der Waals surface area contributed by atoms with Gasteiger partial charge in [-0.25, -0.2) is 0 Å². The van der Waals surface area contributed by atoms with Gasteiger partial charge in [0.15, 0.2) is 0 Å². The van der Waals surface area contributed by atoms with Gasteiger partial charge in [-0.3, -0.25) is 10.00 Å². The van der Waals surface area contributed by atoms with Crippen molar-refractivity contribution in [2.75, 3.05) is 12.3 Å². The van der Waals surface area contributed by atoms with E-state index in [4.69, 9.17) is 5.73 Å². The summed E-state index contributed by atoms with van der Waals surface area (Å²) in [5.74, 6) is 0.705. The van der Waals surface area contributed by atoms with Crippen LogP contribution in [0.1, 0.15) is 36.9 Å². The summed E-state index contributed by atoms with van der Waals surface area (Å²) in [6.07, 6.45) is 6.62. The van der Waals surface area contributed by atoms with Crippen LogP contribution < -0.4 is 5.73 Å². The molecule has 3 rings (SSSR count). The number of aromatic amines is 1. The lowest BCUT2D eigenvalue weighted by Gasteiger charge is -2.31. The third kappa shape index (κ3) is 1.53. The van der Waals surface area contributed by atoms with Gasteiger partial charge in [-0.05, 0) is 19.3 Å². The molecule has 4 heteroatoms. The van der Waals surface area contributed by atoms with Crippen LogP contribution in [-0.2, 0) is 13.0 Å². The molecule has 4 nitrogen and oxygen atoms in total. The highest BCUT2D eigenvalue weighted by molar-refractivity contribution is 5.43. The molecule has 3 N–H and O–H groups in total. The van der Waals surface area contributed by atoms with Crippen LogP contribution in [0.15, 0.2) is 0 Å². The van der Waals surface area contributed by atoms with Crippen LogP contribution in [0.5, 0.6) is 0 Å². The number of H-pyrrole nitrogens is 1. The van der Waals surface area contributed by atoms with Crippen molar-refractivity contribution in [2.45, 2.75) is 44.7 Å². The summed E-state index contributed by atoms with van der Waals surface area (Å²) in [5, 5.41) is 7.15. The largest absolute Gasteiger partial charge is 0.382 e. The minimum absolute atomic E-state index is 0.705. The van der Waals surface area contributed by atoms with Crippen molar-refractivity contribution >= 4 is 5.82 Å². The Hall–Kier alpha value is -1.03. The molecule has 0 saturated heterocycles. The summed E-state index contributed by atoms with van der Waals surface area (Å²) in [6.45, 7) is 2.17. The average molecular weight is 206 g/mol. The monoisotopic (exact) mass is 206 g/mol. The Kier molecular flexibility index (Phi) is 2.16. The molecular weight excluding hydrogens is 188 g/mol. The molecule has 0 radical (unpaired) electrons. The van der Waals surface area contributed by atoms with Gasteiger partial charge < -0.3 is 5.73 Å². The zero-order valence-corrected chi connectivity index (χ0v) is 9.00. The molecule has 1 aromatic heterocycles. The van der Waals surface area contributed by atoms with Gasteiger partial charge in [0.2, 0.25) is 0 Å². The summed E-state index contributed by atoms with van der Waals surface area (Å²) in [4.78, 5) is 2.59. The zero-order chi connectivity index (χ0) is 10.3. The van der Waals surface area contributed by atoms with Crippen LogP contribution in [-0.4, -0.2) is 27.7 Å². The number of hydrogen-bond acceptors (Lipinski definition) is 3. The normalized spacial score (nSPS) is 23.2. The fraction of sp³-hybridized carbons (Fsp3) is 0.727. The number of nitrogens with one attached hydrogen (secondary N) is 1. The Morgan fingerprint density at radius 2 is 2.13 bits per heavy atom. The first kappa shape index (κ1) is 9.21. The predicted molar refractivity (Wildman–Crippen MR) is 59.4 cm³/mol. The molecule has 0 amide bonds. The van der Waals surface area contributed by atoms with E-state index in [1.165, 1.54) is 36.9 Å². The van der Waals surface area contributed by atoms with Crippen LogP contribution in [0.2, 0.25) is 0 Å². The Balaban J connectivity index is 1.77. The molecule has 0 bridgehead atoms. The Morgan fingerprint density at radius 3 is 2.93 bits per heavy atom. The Labute approximate surface area is 89.8 Å². The lowest BCUT2D eigenvalue weighted by atomic mass is 10.0. The van der Waals surface area contributed by atoms with Crippen LogP contribution in [0.3, 0.4) is 0 Å². The molecule has 1 saturated carbocycles. The number of anilines is 1. The van der Waals surface area contributed by atoms with E-state index in [1.54, 1.807) is 0 Å². The number of nitrogen functional groups attached to an aromatic ring is 1. The predicted octanol–water partition coefficient (Wildman–Crippen LogP) is 1.29. The van der Waals surface area contributed by atoms with Crippen molar-refractivity contribution in [1.29, 1.82) is 0 Å². The lowest BCUT2D eigenvalue weighted by Crippen LogP contribution is -2.37. The maximum Gasteiger partial charge on any atom is 0.148 e. The Bertz CT molecular complexity index is 351. The zero-order valence-electron chi connectivity index (χ0n) is 9.00. The fourth-order valence-electron chi connectivity index (χ4n) is 2.95. The molecule has 0 atom stereocenters. The molecule has 0 unspecified atom stereocenters. The SMILES string of the molecule is Nc1n[nH]c2c1CCN(C1CCCC1)C2. The highest BCUT2D eigenvalue weighted by Gasteiger charge is 2.27. The van der Waals surface area contributed by atoms with Crippen molar-refractivity contribution in [3.8, 4) is 0 Å². The first-order chi connectivity index (χ1) is 7.34. The molecule has 82 valence electrons. The van der Waals surface area contributed by atoms with Crippen molar-refractivity contribution in [1.82, 2.24) is 15.1 Å². The minimum atomic E-state index is 0.705. The van der Waals surface area contributed by atoms with E-state index in [9.17, 15) is 0 Å². The molecule has 1 fully saturated rings. The minimum Gasteiger partial charge on any atom is -0.382 e. The van der Waals surface area contributed by atoms with Gasteiger partial charge in [-0.15, -0.1) is 0 Å². The topological polar surface area (TPSA) is 57.9 Å². The molecule has 0 spiro atoms. The lowest BCUT2D eigenvalue weighted by molar-refractivity contribution is 0.179. The first-order valence-corrected chi connectivity index (χ1v) is 5.90. The molecule has 2 heterocycles.